The molecule has 2 rings (SSSR count). The number of aryl methyl sites for hydroxylation is 2. The first-order chi connectivity index (χ1) is 8.47. The van der Waals surface area contributed by atoms with Crippen molar-refractivity contribution >= 4 is 5.69 Å². The van der Waals surface area contributed by atoms with E-state index in [0.717, 1.165) is 28.5 Å². The summed E-state index contributed by atoms with van der Waals surface area (Å²) >= 11 is 0. The Morgan fingerprint density at radius 2 is 1.78 bits per heavy atom. The fourth-order valence-corrected chi connectivity index (χ4v) is 1.67. The molecule has 0 saturated carbocycles. The average Bonchev–Trinajstić information content (AvgIpc) is 2.31. The van der Waals surface area contributed by atoms with E-state index < -0.39 is 0 Å². The average molecular weight is 242 g/mol. The van der Waals surface area contributed by atoms with Crippen molar-refractivity contribution < 1.29 is 0 Å². The normalized spacial score (nSPS) is 10.9. The minimum atomic E-state index is 0.285. The molecule has 94 valence electrons. The van der Waals surface area contributed by atoms with E-state index >= 15 is 0 Å². The molecule has 0 aliphatic rings. The predicted molar refractivity (Wildman–Crippen MR) is 73.2 cm³/mol. The van der Waals surface area contributed by atoms with Gasteiger partial charge in [-0.1, -0.05) is 26.0 Å². The molecule has 0 aliphatic carbocycles. The number of nitrogen functional groups attached to an aromatic ring is 1. The van der Waals surface area contributed by atoms with Crippen molar-refractivity contribution in [3.63, 3.8) is 0 Å². The minimum absolute atomic E-state index is 0.285. The summed E-state index contributed by atoms with van der Waals surface area (Å²) in [5.41, 5.74) is 8.68. The van der Waals surface area contributed by atoms with Gasteiger partial charge in [-0.3, -0.25) is 0 Å². The molecule has 0 amide bonds. The number of benzene rings is 1. The second-order valence-electron chi connectivity index (χ2n) is 4.79. The zero-order valence-electron chi connectivity index (χ0n) is 11.2. The SMILES string of the molecule is Cc1nc(-c2ccc(C)c(N)c2)nc(C(C)C)n1. The minimum Gasteiger partial charge on any atom is -0.398 e. The van der Waals surface area contributed by atoms with Gasteiger partial charge in [0.25, 0.3) is 0 Å². The highest BCUT2D eigenvalue weighted by molar-refractivity contribution is 5.63. The van der Waals surface area contributed by atoms with Crippen LogP contribution in [0.2, 0.25) is 0 Å². The lowest BCUT2D eigenvalue weighted by atomic mass is 10.1. The first-order valence-electron chi connectivity index (χ1n) is 6.06. The van der Waals surface area contributed by atoms with Crippen LogP contribution >= 0.6 is 0 Å². The van der Waals surface area contributed by atoms with Crippen LogP contribution in [0.4, 0.5) is 5.69 Å². The van der Waals surface area contributed by atoms with Gasteiger partial charge in [0, 0.05) is 17.2 Å². The van der Waals surface area contributed by atoms with Crippen molar-refractivity contribution in [2.45, 2.75) is 33.6 Å². The van der Waals surface area contributed by atoms with Crippen LogP contribution in [0.3, 0.4) is 0 Å². The Hall–Kier alpha value is -1.97. The van der Waals surface area contributed by atoms with E-state index in [2.05, 4.69) is 28.8 Å². The summed E-state index contributed by atoms with van der Waals surface area (Å²) in [5, 5.41) is 0. The summed E-state index contributed by atoms with van der Waals surface area (Å²) in [6, 6.07) is 5.89. The Balaban J connectivity index is 2.53. The van der Waals surface area contributed by atoms with Crippen molar-refractivity contribution in [3.05, 3.63) is 35.4 Å². The maximum absolute atomic E-state index is 5.92. The van der Waals surface area contributed by atoms with Gasteiger partial charge >= 0.3 is 0 Å². The van der Waals surface area contributed by atoms with Crippen LogP contribution < -0.4 is 5.73 Å². The highest BCUT2D eigenvalue weighted by Gasteiger charge is 2.09. The Bertz CT molecular complexity index is 576. The number of aromatic nitrogens is 3. The summed E-state index contributed by atoms with van der Waals surface area (Å²) in [7, 11) is 0. The second-order valence-corrected chi connectivity index (χ2v) is 4.79. The van der Waals surface area contributed by atoms with Crippen LogP contribution in [-0.4, -0.2) is 15.0 Å². The molecule has 1 heterocycles. The first-order valence-corrected chi connectivity index (χ1v) is 6.06. The van der Waals surface area contributed by atoms with Gasteiger partial charge in [0.2, 0.25) is 0 Å². The molecule has 0 saturated heterocycles. The van der Waals surface area contributed by atoms with Crippen LogP contribution in [0.25, 0.3) is 11.4 Å². The van der Waals surface area contributed by atoms with E-state index in [0.29, 0.717) is 5.82 Å². The molecule has 0 radical (unpaired) electrons. The topological polar surface area (TPSA) is 64.7 Å². The molecule has 0 aliphatic heterocycles. The summed E-state index contributed by atoms with van der Waals surface area (Å²) < 4.78 is 0. The molecular formula is C14H18N4. The maximum atomic E-state index is 5.92. The van der Waals surface area contributed by atoms with Gasteiger partial charge in [-0.2, -0.15) is 0 Å². The molecule has 18 heavy (non-hydrogen) atoms. The standard InChI is InChI=1S/C14H18N4/c1-8(2)13-16-10(4)17-14(18-13)11-6-5-9(3)12(15)7-11/h5-8H,15H2,1-4H3. The van der Waals surface area contributed by atoms with Gasteiger partial charge in [0.05, 0.1) is 0 Å². The number of nitrogens with zero attached hydrogens (tertiary/aromatic N) is 3. The lowest BCUT2D eigenvalue weighted by molar-refractivity contribution is 0.750. The Morgan fingerprint density at radius 1 is 1.06 bits per heavy atom. The van der Waals surface area contributed by atoms with E-state index in [1.807, 2.05) is 32.0 Å². The fraction of sp³-hybridized carbons (Fsp3) is 0.357. The van der Waals surface area contributed by atoms with Gasteiger partial charge in [0.1, 0.15) is 11.6 Å². The number of nitrogens with two attached hydrogens (primary N) is 1. The first kappa shape index (κ1) is 12.5. The monoisotopic (exact) mass is 242 g/mol. The summed E-state index contributed by atoms with van der Waals surface area (Å²) in [4.78, 5) is 13.2. The van der Waals surface area contributed by atoms with Crippen LogP contribution in [0.15, 0.2) is 18.2 Å². The zero-order chi connectivity index (χ0) is 13.3. The third-order valence-electron chi connectivity index (χ3n) is 2.82. The quantitative estimate of drug-likeness (QED) is 0.822. The largest absolute Gasteiger partial charge is 0.398 e. The Morgan fingerprint density at radius 3 is 2.39 bits per heavy atom. The molecule has 4 nitrogen and oxygen atoms in total. The Kier molecular flexibility index (Phi) is 3.28. The second kappa shape index (κ2) is 4.72. The van der Waals surface area contributed by atoms with Crippen molar-refractivity contribution in [2.75, 3.05) is 5.73 Å². The van der Waals surface area contributed by atoms with E-state index in [-0.39, 0.29) is 5.92 Å². The molecule has 2 aromatic rings. The lowest BCUT2D eigenvalue weighted by Gasteiger charge is -2.08. The van der Waals surface area contributed by atoms with E-state index in [9.17, 15) is 0 Å². The van der Waals surface area contributed by atoms with E-state index in [1.54, 1.807) is 0 Å². The predicted octanol–water partition coefficient (Wildman–Crippen LogP) is 2.86. The molecule has 1 aromatic carbocycles. The number of hydrogen-bond acceptors (Lipinski definition) is 4. The number of hydrogen-bond donors (Lipinski definition) is 1. The van der Waals surface area contributed by atoms with Gasteiger partial charge in [-0.05, 0) is 25.5 Å². The summed E-state index contributed by atoms with van der Waals surface area (Å²) in [5.74, 6) is 2.53. The van der Waals surface area contributed by atoms with Crippen molar-refractivity contribution in [1.29, 1.82) is 0 Å². The third kappa shape index (κ3) is 2.47. The molecule has 4 heteroatoms. The molecule has 0 spiro atoms. The number of anilines is 1. The van der Waals surface area contributed by atoms with E-state index in [1.165, 1.54) is 0 Å². The molecule has 2 N–H and O–H groups in total. The summed E-state index contributed by atoms with van der Waals surface area (Å²) in [6.45, 7) is 8.01. The van der Waals surface area contributed by atoms with Crippen molar-refractivity contribution in [1.82, 2.24) is 15.0 Å². The highest BCUT2D eigenvalue weighted by atomic mass is 15.0. The van der Waals surface area contributed by atoms with Crippen molar-refractivity contribution in [2.24, 2.45) is 0 Å². The fourth-order valence-electron chi connectivity index (χ4n) is 1.67. The molecular weight excluding hydrogens is 224 g/mol. The van der Waals surface area contributed by atoms with Gasteiger partial charge in [0.15, 0.2) is 5.82 Å². The maximum Gasteiger partial charge on any atom is 0.163 e. The molecule has 1 aromatic heterocycles. The Labute approximate surface area is 107 Å². The van der Waals surface area contributed by atoms with E-state index in [4.69, 9.17) is 5.73 Å². The van der Waals surface area contributed by atoms with Crippen LogP contribution in [0.5, 0.6) is 0 Å². The third-order valence-corrected chi connectivity index (χ3v) is 2.82. The van der Waals surface area contributed by atoms with Gasteiger partial charge in [-0.25, -0.2) is 15.0 Å². The smallest absolute Gasteiger partial charge is 0.163 e. The molecule has 0 fully saturated rings. The molecule has 0 atom stereocenters. The molecule has 0 bridgehead atoms. The summed E-state index contributed by atoms with van der Waals surface area (Å²) in [6.07, 6.45) is 0. The lowest BCUT2D eigenvalue weighted by Crippen LogP contribution is -2.04. The van der Waals surface area contributed by atoms with Crippen LogP contribution in [0, 0.1) is 13.8 Å². The molecule has 0 unspecified atom stereocenters. The van der Waals surface area contributed by atoms with Crippen LogP contribution in [-0.2, 0) is 0 Å². The van der Waals surface area contributed by atoms with Gasteiger partial charge in [-0.15, -0.1) is 0 Å². The highest BCUT2D eigenvalue weighted by Crippen LogP contribution is 2.22. The zero-order valence-corrected chi connectivity index (χ0v) is 11.2. The number of rotatable bonds is 2. The van der Waals surface area contributed by atoms with Crippen LogP contribution in [0.1, 0.15) is 37.0 Å². The van der Waals surface area contributed by atoms with Crippen molar-refractivity contribution in [3.8, 4) is 11.4 Å². The van der Waals surface area contributed by atoms with Gasteiger partial charge < -0.3 is 5.73 Å².